The molecular weight excluding hydrogens is 330 g/mol. The summed E-state index contributed by atoms with van der Waals surface area (Å²) in [5, 5.41) is 6.20. The smallest absolute Gasteiger partial charge is 0.249 e. The first-order valence-electron chi connectivity index (χ1n) is 7.19. The lowest BCUT2D eigenvalue weighted by atomic mass is 10.1. The lowest BCUT2D eigenvalue weighted by molar-refractivity contribution is -0.114. The van der Waals surface area contributed by atoms with Crippen molar-refractivity contribution in [3.63, 3.8) is 0 Å². The van der Waals surface area contributed by atoms with Gasteiger partial charge in [0.2, 0.25) is 11.8 Å². The number of nitrogens with one attached hydrogen (secondary N) is 2. The van der Waals surface area contributed by atoms with E-state index in [9.17, 15) is 9.59 Å². The zero-order chi connectivity index (χ0) is 17.7. The molecule has 0 bridgehead atoms. The minimum absolute atomic E-state index is 0.0126. The largest absolute Gasteiger partial charge is 0.495 e. The molecule has 6 nitrogen and oxygen atoms in total. The van der Waals surface area contributed by atoms with Gasteiger partial charge < -0.3 is 21.1 Å². The molecule has 0 atom stereocenters. The van der Waals surface area contributed by atoms with Gasteiger partial charge >= 0.3 is 0 Å². The minimum atomic E-state index is -0.510. The van der Waals surface area contributed by atoms with Crippen LogP contribution in [0.5, 0.6) is 5.75 Å². The van der Waals surface area contributed by atoms with Gasteiger partial charge in [-0.3, -0.25) is 9.59 Å². The Kier molecular flexibility index (Phi) is 5.65. The van der Waals surface area contributed by atoms with Gasteiger partial charge in [0, 0.05) is 16.3 Å². The van der Waals surface area contributed by atoms with E-state index >= 15 is 0 Å². The second-order valence-corrected chi connectivity index (χ2v) is 5.53. The molecule has 0 unspecified atom stereocenters. The summed E-state index contributed by atoms with van der Waals surface area (Å²) in [5.41, 5.74) is 7.57. The Hall–Kier alpha value is -2.73. The quantitative estimate of drug-likeness (QED) is 0.749. The van der Waals surface area contributed by atoms with Gasteiger partial charge in [-0.05, 0) is 42.8 Å². The Morgan fingerprint density at radius 3 is 2.62 bits per heavy atom. The summed E-state index contributed by atoms with van der Waals surface area (Å²) in [4.78, 5) is 23.5. The van der Waals surface area contributed by atoms with Crippen molar-refractivity contribution in [1.82, 2.24) is 0 Å². The number of hydrogen-bond donors (Lipinski definition) is 3. The molecule has 2 rings (SSSR count). The van der Waals surface area contributed by atoms with Gasteiger partial charge in [0.05, 0.1) is 19.3 Å². The van der Waals surface area contributed by atoms with Crippen molar-refractivity contribution in [1.29, 1.82) is 0 Å². The van der Waals surface area contributed by atoms with Crippen LogP contribution in [0.15, 0.2) is 36.4 Å². The molecule has 0 fully saturated rings. The number of carbonyl (C=O) groups excluding carboxylic acids is 2. The Labute approximate surface area is 144 Å². The van der Waals surface area contributed by atoms with Crippen molar-refractivity contribution < 1.29 is 14.3 Å². The number of amides is 2. The first-order chi connectivity index (χ1) is 11.4. The van der Waals surface area contributed by atoms with E-state index in [1.54, 1.807) is 43.3 Å². The SMILES string of the molecule is COc1ccc(Cl)cc1NC(=O)CNc1cccc(C(N)=O)c1C. The Bertz CT molecular complexity index is 778. The fourth-order valence-electron chi connectivity index (χ4n) is 2.24. The van der Waals surface area contributed by atoms with Crippen molar-refractivity contribution >= 4 is 34.8 Å². The molecule has 2 aromatic carbocycles. The average Bonchev–Trinajstić information content (AvgIpc) is 2.54. The summed E-state index contributed by atoms with van der Waals surface area (Å²) in [6.07, 6.45) is 0. The average molecular weight is 348 g/mol. The van der Waals surface area contributed by atoms with Crippen LogP contribution in [0.3, 0.4) is 0 Å². The molecule has 0 aliphatic rings. The fraction of sp³-hybridized carbons (Fsp3) is 0.176. The van der Waals surface area contributed by atoms with Crippen molar-refractivity contribution in [3.05, 3.63) is 52.5 Å². The van der Waals surface area contributed by atoms with Crippen molar-refractivity contribution in [3.8, 4) is 5.75 Å². The second-order valence-electron chi connectivity index (χ2n) is 5.09. The van der Waals surface area contributed by atoms with Crippen molar-refractivity contribution in [2.75, 3.05) is 24.3 Å². The monoisotopic (exact) mass is 347 g/mol. The third-order valence-electron chi connectivity index (χ3n) is 3.47. The predicted octanol–water partition coefficient (Wildman–Crippen LogP) is 2.81. The molecule has 0 radical (unpaired) electrons. The topological polar surface area (TPSA) is 93.4 Å². The van der Waals surface area contributed by atoms with E-state index in [0.29, 0.717) is 33.3 Å². The van der Waals surface area contributed by atoms with Gasteiger partial charge in [-0.1, -0.05) is 17.7 Å². The normalized spacial score (nSPS) is 10.1. The van der Waals surface area contributed by atoms with Crippen molar-refractivity contribution in [2.45, 2.75) is 6.92 Å². The maximum atomic E-state index is 12.1. The summed E-state index contributed by atoms with van der Waals surface area (Å²) in [6.45, 7) is 1.78. The van der Waals surface area contributed by atoms with E-state index in [1.807, 2.05) is 0 Å². The van der Waals surface area contributed by atoms with Crippen LogP contribution in [-0.4, -0.2) is 25.5 Å². The molecule has 126 valence electrons. The highest BCUT2D eigenvalue weighted by Gasteiger charge is 2.11. The molecule has 0 aliphatic carbocycles. The summed E-state index contributed by atoms with van der Waals surface area (Å²) in [6, 6.07) is 10.1. The molecule has 0 spiro atoms. The zero-order valence-electron chi connectivity index (χ0n) is 13.4. The van der Waals surface area contributed by atoms with E-state index in [2.05, 4.69) is 10.6 Å². The molecule has 0 saturated heterocycles. The molecule has 0 saturated carbocycles. The third-order valence-corrected chi connectivity index (χ3v) is 3.71. The predicted molar refractivity (Wildman–Crippen MR) is 94.8 cm³/mol. The molecule has 4 N–H and O–H groups in total. The van der Waals surface area contributed by atoms with Gasteiger partial charge in [0.1, 0.15) is 5.75 Å². The maximum absolute atomic E-state index is 12.1. The summed E-state index contributed by atoms with van der Waals surface area (Å²) < 4.78 is 5.18. The van der Waals surface area contributed by atoms with Crippen LogP contribution in [0.4, 0.5) is 11.4 Å². The number of anilines is 2. The second kappa shape index (κ2) is 7.70. The molecule has 24 heavy (non-hydrogen) atoms. The summed E-state index contributed by atoms with van der Waals surface area (Å²) >= 11 is 5.93. The number of benzene rings is 2. The number of hydrogen-bond acceptors (Lipinski definition) is 4. The fourth-order valence-corrected chi connectivity index (χ4v) is 2.41. The highest BCUT2D eigenvalue weighted by atomic mass is 35.5. The number of methoxy groups -OCH3 is 1. The van der Waals surface area contributed by atoms with Gasteiger partial charge in [0.15, 0.2) is 0 Å². The molecular formula is C17H18ClN3O3. The number of primary amides is 1. The van der Waals surface area contributed by atoms with Crippen LogP contribution in [0, 0.1) is 6.92 Å². The van der Waals surface area contributed by atoms with Crippen LogP contribution in [0.2, 0.25) is 5.02 Å². The molecule has 2 amide bonds. The van der Waals surface area contributed by atoms with E-state index in [1.165, 1.54) is 7.11 Å². The van der Waals surface area contributed by atoms with Gasteiger partial charge in [-0.2, -0.15) is 0 Å². The summed E-state index contributed by atoms with van der Waals surface area (Å²) in [7, 11) is 1.51. The highest BCUT2D eigenvalue weighted by molar-refractivity contribution is 6.31. The molecule has 0 heterocycles. The van der Waals surface area contributed by atoms with Gasteiger partial charge in [0.25, 0.3) is 0 Å². The standard InChI is InChI=1S/C17H18ClN3O3/c1-10-12(17(19)23)4-3-5-13(10)20-9-16(22)21-14-8-11(18)6-7-15(14)24-2/h3-8,20H,9H2,1-2H3,(H2,19,23)(H,21,22). The first-order valence-corrected chi connectivity index (χ1v) is 7.57. The molecule has 7 heteroatoms. The zero-order valence-corrected chi connectivity index (χ0v) is 14.1. The van der Waals surface area contributed by atoms with Crippen LogP contribution in [0.1, 0.15) is 15.9 Å². The van der Waals surface area contributed by atoms with Crippen LogP contribution in [0.25, 0.3) is 0 Å². The summed E-state index contributed by atoms with van der Waals surface area (Å²) in [5.74, 6) is -0.275. The van der Waals surface area contributed by atoms with E-state index in [4.69, 9.17) is 22.1 Å². The van der Waals surface area contributed by atoms with E-state index < -0.39 is 5.91 Å². The number of ether oxygens (including phenoxy) is 1. The Morgan fingerprint density at radius 2 is 1.96 bits per heavy atom. The number of nitrogens with two attached hydrogens (primary N) is 1. The van der Waals surface area contributed by atoms with E-state index in [0.717, 1.165) is 0 Å². The van der Waals surface area contributed by atoms with Crippen LogP contribution >= 0.6 is 11.6 Å². The lowest BCUT2D eigenvalue weighted by Gasteiger charge is -2.13. The number of halogens is 1. The molecule has 2 aromatic rings. The molecule has 0 aromatic heterocycles. The van der Waals surface area contributed by atoms with Crippen LogP contribution < -0.4 is 21.1 Å². The third kappa shape index (κ3) is 4.17. The number of carbonyl (C=O) groups is 2. The highest BCUT2D eigenvalue weighted by Crippen LogP contribution is 2.27. The van der Waals surface area contributed by atoms with Crippen LogP contribution in [-0.2, 0) is 4.79 Å². The molecule has 0 aliphatic heterocycles. The maximum Gasteiger partial charge on any atom is 0.249 e. The Morgan fingerprint density at radius 1 is 1.21 bits per heavy atom. The first kappa shape index (κ1) is 17.6. The van der Waals surface area contributed by atoms with Gasteiger partial charge in [-0.25, -0.2) is 0 Å². The van der Waals surface area contributed by atoms with E-state index in [-0.39, 0.29) is 12.5 Å². The minimum Gasteiger partial charge on any atom is -0.495 e. The number of rotatable bonds is 6. The Balaban J connectivity index is 2.06. The lowest BCUT2D eigenvalue weighted by Crippen LogP contribution is -2.23. The van der Waals surface area contributed by atoms with Gasteiger partial charge in [-0.15, -0.1) is 0 Å². The van der Waals surface area contributed by atoms with Crippen molar-refractivity contribution in [2.24, 2.45) is 5.73 Å².